The first-order chi connectivity index (χ1) is 11.1. The highest BCUT2D eigenvalue weighted by Gasteiger charge is 2.10. The molecule has 0 atom stereocenters. The Bertz CT molecular complexity index is 754. The standard InChI is InChI=1S/C17H18N4O2/c18-17(19-11-12-4-8-16(9-5-12)21(22)23)20-15-7-6-13-2-1-3-14(13)10-15/h4-10H,1-3,11H2,(H3,18,19,20). The zero-order chi connectivity index (χ0) is 16.2. The number of rotatable bonds is 4. The topological polar surface area (TPSA) is 93.5 Å². The van der Waals surface area contributed by atoms with Gasteiger partial charge in [0.2, 0.25) is 0 Å². The van der Waals surface area contributed by atoms with Gasteiger partial charge in [-0.25, -0.2) is 4.99 Å². The van der Waals surface area contributed by atoms with E-state index in [-0.39, 0.29) is 5.69 Å². The second-order valence-corrected chi connectivity index (χ2v) is 5.59. The minimum atomic E-state index is -0.420. The normalized spacial score (nSPS) is 13.7. The molecule has 3 rings (SSSR count). The average molecular weight is 310 g/mol. The molecule has 0 fully saturated rings. The van der Waals surface area contributed by atoms with Gasteiger partial charge in [0.05, 0.1) is 11.5 Å². The van der Waals surface area contributed by atoms with Crippen LogP contribution in [0, 0.1) is 10.1 Å². The Kier molecular flexibility index (Phi) is 4.23. The summed E-state index contributed by atoms with van der Waals surface area (Å²) < 4.78 is 0. The van der Waals surface area contributed by atoms with E-state index in [2.05, 4.69) is 22.4 Å². The van der Waals surface area contributed by atoms with Crippen molar-refractivity contribution in [2.75, 3.05) is 5.32 Å². The SMILES string of the molecule is NC(=NCc1ccc([N+](=O)[O-])cc1)Nc1ccc2c(c1)CCC2. The van der Waals surface area contributed by atoms with Gasteiger partial charge in [-0.15, -0.1) is 0 Å². The number of nitrogens with one attached hydrogen (secondary N) is 1. The van der Waals surface area contributed by atoms with E-state index in [1.165, 1.54) is 29.7 Å². The third kappa shape index (κ3) is 3.66. The minimum Gasteiger partial charge on any atom is -0.370 e. The zero-order valence-corrected chi connectivity index (χ0v) is 12.7. The van der Waals surface area contributed by atoms with Gasteiger partial charge in [0, 0.05) is 17.8 Å². The van der Waals surface area contributed by atoms with Gasteiger partial charge in [-0.2, -0.15) is 0 Å². The van der Waals surface area contributed by atoms with Gasteiger partial charge in [0.1, 0.15) is 0 Å². The molecular weight excluding hydrogens is 292 g/mol. The van der Waals surface area contributed by atoms with E-state index in [1.54, 1.807) is 12.1 Å². The fourth-order valence-corrected chi connectivity index (χ4v) is 2.74. The third-order valence-corrected chi connectivity index (χ3v) is 3.95. The van der Waals surface area contributed by atoms with Crippen molar-refractivity contribution < 1.29 is 4.92 Å². The van der Waals surface area contributed by atoms with E-state index in [4.69, 9.17) is 5.73 Å². The molecule has 0 bridgehead atoms. The van der Waals surface area contributed by atoms with Gasteiger partial charge in [0.25, 0.3) is 5.69 Å². The summed E-state index contributed by atoms with van der Waals surface area (Å²) in [7, 11) is 0. The maximum Gasteiger partial charge on any atom is 0.269 e. The molecule has 6 nitrogen and oxygen atoms in total. The first-order valence-electron chi connectivity index (χ1n) is 7.54. The molecule has 0 aromatic heterocycles. The lowest BCUT2D eigenvalue weighted by Gasteiger charge is -2.08. The van der Waals surface area contributed by atoms with E-state index in [0.717, 1.165) is 24.1 Å². The van der Waals surface area contributed by atoms with Crippen LogP contribution in [0.5, 0.6) is 0 Å². The minimum absolute atomic E-state index is 0.0713. The van der Waals surface area contributed by atoms with Crippen LogP contribution in [0.2, 0.25) is 0 Å². The quantitative estimate of drug-likeness (QED) is 0.393. The molecule has 0 aliphatic heterocycles. The Balaban J connectivity index is 1.62. The number of hydrogen-bond acceptors (Lipinski definition) is 3. The third-order valence-electron chi connectivity index (χ3n) is 3.95. The Morgan fingerprint density at radius 2 is 1.91 bits per heavy atom. The summed E-state index contributed by atoms with van der Waals surface area (Å²) in [5.41, 5.74) is 10.6. The second kappa shape index (κ2) is 6.48. The number of nitro groups is 1. The number of aryl methyl sites for hydroxylation is 2. The van der Waals surface area contributed by atoms with Gasteiger partial charge in [-0.3, -0.25) is 10.1 Å². The van der Waals surface area contributed by atoms with E-state index < -0.39 is 4.92 Å². The van der Waals surface area contributed by atoms with Crippen molar-refractivity contribution >= 4 is 17.3 Å². The molecule has 0 unspecified atom stereocenters. The predicted octanol–water partition coefficient (Wildman–Crippen LogP) is 3.01. The fourth-order valence-electron chi connectivity index (χ4n) is 2.74. The van der Waals surface area contributed by atoms with E-state index >= 15 is 0 Å². The highest BCUT2D eigenvalue weighted by Crippen LogP contribution is 2.24. The molecule has 0 saturated carbocycles. The monoisotopic (exact) mass is 310 g/mol. The van der Waals surface area contributed by atoms with Crippen LogP contribution in [0.3, 0.4) is 0 Å². The van der Waals surface area contributed by atoms with Crippen LogP contribution < -0.4 is 11.1 Å². The van der Waals surface area contributed by atoms with E-state index in [1.807, 2.05) is 6.07 Å². The van der Waals surface area contributed by atoms with Gasteiger partial charge < -0.3 is 11.1 Å². The van der Waals surface area contributed by atoms with Crippen molar-refractivity contribution in [2.45, 2.75) is 25.8 Å². The maximum atomic E-state index is 10.6. The summed E-state index contributed by atoms with van der Waals surface area (Å²) in [5.74, 6) is 0.335. The molecule has 118 valence electrons. The predicted molar refractivity (Wildman–Crippen MR) is 90.5 cm³/mol. The van der Waals surface area contributed by atoms with Crippen LogP contribution in [0.25, 0.3) is 0 Å². The van der Waals surface area contributed by atoms with Gasteiger partial charge in [0.15, 0.2) is 5.96 Å². The molecule has 0 saturated heterocycles. The Labute approximate surface area is 134 Å². The summed E-state index contributed by atoms with van der Waals surface area (Å²) in [4.78, 5) is 14.5. The number of nitro benzene ring substituents is 1. The van der Waals surface area contributed by atoms with Gasteiger partial charge >= 0.3 is 0 Å². The van der Waals surface area contributed by atoms with Crippen molar-refractivity contribution in [1.29, 1.82) is 0 Å². The van der Waals surface area contributed by atoms with Crippen LogP contribution in [-0.4, -0.2) is 10.9 Å². The van der Waals surface area contributed by atoms with Gasteiger partial charge in [-0.05, 0) is 48.1 Å². The summed E-state index contributed by atoms with van der Waals surface area (Å²) in [6.45, 7) is 0.377. The number of aliphatic imine (C=N–C) groups is 1. The summed E-state index contributed by atoms with van der Waals surface area (Å²) in [6.07, 6.45) is 3.48. The molecule has 0 radical (unpaired) electrons. The smallest absolute Gasteiger partial charge is 0.269 e. The highest BCUT2D eigenvalue weighted by atomic mass is 16.6. The van der Waals surface area contributed by atoms with E-state index in [0.29, 0.717) is 12.5 Å². The van der Waals surface area contributed by atoms with Crippen LogP contribution in [0.15, 0.2) is 47.5 Å². The summed E-state index contributed by atoms with van der Waals surface area (Å²) >= 11 is 0. The molecule has 3 N–H and O–H groups in total. The number of hydrogen-bond donors (Lipinski definition) is 2. The van der Waals surface area contributed by atoms with Crippen LogP contribution in [0.4, 0.5) is 11.4 Å². The van der Waals surface area contributed by atoms with Crippen molar-refractivity contribution in [3.8, 4) is 0 Å². The Hall–Kier alpha value is -2.89. The van der Waals surface area contributed by atoms with Crippen LogP contribution >= 0.6 is 0 Å². The Morgan fingerprint density at radius 1 is 1.17 bits per heavy atom. The van der Waals surface area contributed by atoms with Crippen molar-refractivity contribution in [2.24, 2.45) is 10.7 Å². The van der Waals surface area contributed by atoms with Crippen LogP contribution in [-0.2, 0) is 19.4 Å². The number of nitrogens with two attached hydrogens (primary N) is 1. The van der Waals surface area contributed by atoms with Gasteiger partial charge in [-0.1, -0.05) is 18.2 Å². The van der Waals surface area contributed by atoms with Crippen LogP contribution in [0.1, 0.15) is 23.1 Å². The average Bonchev–Trinajstić information content (AvgIpc) is 3.01. The number of benzene rings is 2. The highest BCUT2D eigenvalue weighted by molar-refractivity contribution is 5.92. The Morgan fingerprint density at radius 3 is 2.65 bits per heavy atom. The summed E-state index contributed by atoms with van der Waals surface area (Å²) in [6, 6.07) is 12.6. The lowest BCUT2D eigenvalue weighted by Crippen LogP contribution is -2.22. The summed E-state index contributed by atoms with van der Waals surface area (Å²) in [5, 5.41) is 13.7. The zero-order valence-electron chi connectivity index (χ0n) is 12.7. The van der Waals surface area contributed by atoms with Crippen molar-refractivity contribution in [1.82, 2.24) is 0 Å². The molecule has 2 aromatic carbocycles. The molecule has 23 heavy (non-hydrogen) atoms. The number of non-ortho nitro benzene ring substituents is 1. The lowest BCUT2D eigenvalue weighted by molar-refractivity contribution is -0.384. The molecule has 0 heterocycles. The lowest BCUT2D eigenvalue weighted by atomic mass is 10.1. The van der Waals surface area contributed by atoms with Crippen molar-refractivity contribution in [3.63, 3.8) is 0 Å². The second-order valence-electron chi connectivity index (χ2n) is 5.59. The molecule has 0 spiro atoms. The van der Waals surface area contributed by atoms with E-state index in [9.17, 15) is 10.1 Å². The molecule has 1 aliphatic carbocycles. The van der Waals surface area contributed by atoms with Crippen molar-refractivity contribution in [3.05, 3.63) is 69.3 Å². The molecular formula is C17H18N4O2. The number of anilines is 1. The molecule has 0 amide bonds. The number of fused-ring (bicyclic) bond motifs is 1. The number of nitrogens with zero attached hydrogens (tertiary/aromatic N) is 2. The number of guanidine groups is 1. The first kappa shape index (κ1) is 15.0. The first-order valence-corrected chi connectivity index (χ1v) is 7.54. The molecule has 2 aromatic rings. The maximum absolute atomic E-state index is 10.6. The largest absolute Gasteiger partial charge is 0.370 e. The fraction of sp³-hybridized carbons (Fsp3) is 0.235. The molecule has 1 aliphatic rings. The molecule has 6 heteroatoms.